The van der Waals surface area contributed by atoms with Gasteiger partial charge in [-0.3, -0.25) is 9.89 Å². The van der Waals surface area contributed by atoms with E-state index in [4.69, 9.17) is 15.5 Å². The fraction of sp³-hybridized carbons (Fsp3) is 0.250. The Labute approximate surface area is 166 Å². The zero-order valence-corrected chi connectivity index (χ0v) is 15.5. The highest BCUT2D eigenvalue weighted by Gasteiger charge is 2.32. The van der Waals surface area contributed by atoms with E-state index in [1.54, 1.807) is 30.3 Å². The first kappa shape index (κ1) is 18.9. The van der Waals surface area contributed by atoms with Gasteiger partial charge in [0.2, 0.25) is 6.86 Å². The van der Waals surface area contributed by atoms with Crippen molar-refractivity contribution in [3.8, 4) is 28.3 Å². The third-order valence-electron chi connectivity index (χ3n) is 4.86. The highest BCUT2D eigenvalue weighted by Crippen LogP contribution is 2.44. The van der Waals surface area contributed by atoms with Crippen molar-refractivity contribution < 1.29 is 19.0 Å². The molecule has 9 heteroatoms. The van der Waals surface area contributed by atoms with Crippen molar-refractivity contribution in [2.24, 2.45) is 5.73 Å². The van der Waals surface area contributed by atoms with Gasteiger partial charge in [-0.05, 0) is 12.5 Å². The summed E-state index contributed by atoms with van der Waals surface area (Å²) in [5.74, 6) is -0.332. The Morgan fingerprint density at radius 2 is 2.14 bits per heavy atom. The number of hydrogen-bond acceptors (Lipinski definition) is 6. The van der Waals surface area contributed by atoms with Crippen LogP contribution in [0.3, 0.4) is 0 Å². The molecule has 4 rings (SSSR count). The molecule has 1 aliphatic rings. The third kappa shape index (κ3) is 3.52. The molecule has 1 aromatic carbocycles. The lowest BCUT2D eigenvalue weighted by Gasteiger charge is -2.24. The largest absolute Gasteiger partial charge is 0.461 e. The number of β-amino-alcohol motifs (C(OH)–C–C–N with tert-alkyl or cyclic N) is 1. The maximum absolute atomic E-state index is 13.4. The van der Waals surface area contributed by atoms with E-state index in [0.29, 0.717) is 47.8 Å². The number of anilines is 1. The number of nitrogens with two attached hydrogens (primary N) is 1. The molecule has 150 valence electrons. The normalized spacial score (nSPS) is 16.2. The first-order valence-corrected chi connectivity index (χ1v) is 9.15. The Morgan fingerprint density at radius 3 is 2.72 bits per heavy atom. The molecule has 3 heterocycles. The quantitative estimate of drug-likeness (QED) is 0.586. The summed E-state index contributed by atoms with van der Waals surface area (Å²) in [6, 6.07) is 10.7. The molecule has 0 aliphatic carbocycles. The van der Waals surface area contributed by atoms with Gasteiger partial charge < -0.3 is 20.5 Å². The van der Waals surface area contributed by atoms with Crippen molar-refractivity contribution >= 4 is 11.7 Å². The van der Waals surface area contributed by atoms with Crippen LogP contribution < -0.4 is 15.4 Å². The molecule has 1 aliphatic heterocycles. The van der Waals surface area contributed by atoms with Crippen LogP contribution in [-0.4, -0.2) is 52.2 Å². The van der Waals surface area contributed by atoms with E-state index in [9.17, 15) is 14.3 Å². The number of alkyl halides is 1. The minimum atomic E-state index is -1.15. The number of carbonyl (C=O) groups is 1. The number of hydrogen-bond donors (Lipinski definition) is 3. The van der Waals surface area contributed by atoms with Crippen LogP contribution in [0.5, 0.6) is 5.75 Å². The Balaban J connectivity index is 2.05. The number of rotatable bonds is 6. The van der Waals surface area contributed by atoms with E-state index in [-0.39, 0.29) is 11.3 Å². The van der Waals surface area contributed by atoms with Crippen LogP contribution in [0, 0.1) is 0 Å². The van der Waals surface area contributed by atoms with Crippen LogP contribution >= 0.6 is 0 Å². The van der Waals surface area contributed by atoms with Gasteiger partial charge in [-0.15, -0.1) is 0 Å². The number of benzene rings is 1. The zero-order chi connectivity index (χ0) is 20.4. The number of amides is 1. The topological polar surface area (TPSA) is 117 Å². The van der Waals surface area contributed by atoms with Crippen LogP contribution in [0.2, 0.25) is 0 Å². The van der Waals surface area contributed by atoms with E-state index in [2.05, 4.69) is 10.2 Å². The number of H-pyrrole nitrogens is 1. The van der Waals surface area contributed by atoms with E-state index in [1.165, 1.54) is 6.20 Å². The number of aromatic nitrogens is 3. The van der Waals surface area contributed by atoms with Crippen LogP contribution in [0.15, 0.2) is 42.6 Å². The molecule has 3 aromatic rings. The second kappa shape index (κ2) is 7.88. The van der Waals surface area contributed by atoms with E-state index in [0.717, 1.165) is 0 Å². The van der Waals surface area contributed by atoms with Crippen LogP contribution in [0.25, 0.3) is 22.5 Å². The van der Waals surface area contributed by atoms with Gasteiger partial charge in [0, 0.05) is 24.8 Å². The molecule has 1 atom stereocenters. The van der Waals surface area contributed by atoms with Gasteiger partial charge >= 0.3 is 0 Å². The lowest BCUT2D eigenvalue weighted by atomic mass is 9.99. The average Bonchev–Trinajstić information content (AvgIpc) is 3.39. The Hall–Kier alpha value is -3.46. The predicted octanol–water partition coefficient (Wildman–Crippen LogP) is 2.11. The fourth-order valence-corrected chi connectivity index (χ4v) is 3.59. The molecule has 0 bridgehead atoms. The summed E-state index contributed by atoms with van der Waals surface area (Å²) in [7, 11) is 0. The molecule has 1 amide bonds. The number of aliphatic hydroxyl groups is 1. The van der Waals surface area contributed by atoms with E-state index < -0.39 is 18.9 Å². The number of pyridine rings is 1. The van der Waals surface area contributed by atoms with Crippen molar-refractivity contribution in [1.82, 2.24) is 15.2 Å². The first-order chi connectivity index (χ1) is 14.1. The molecule has 4 N–H and O–H groups in total. The van der Waals surface area contributed by atoms with Gasteiger partial charge in [0.25, 0.3) is 5.91 Å². The molecule has 29 heavy (non-hydrogen) atoms. The summed E-state index contributed by atoms with van der Waals surface area (Å²) < 4.78 is 18.7. The Kier molecular flexibility index (Phi) is 5.13. The average molecular weight is 397 g/mol. The lowest BCUT2D eigenvalue weighted by molar-refractivity contribution is 0.0993. The van der Waals surface area contributed by atoms with Crippen molar-refractivity contribution in [3.05, 3.63) is 48.2 Å². The molecule has 0 spiro atoms. The number of carbonyl (C=O) groups excluding carboxylic acids is 1. The van der Waals surface area contributed by atoms with Gasteiger partial charge in [-0.1, -0.05) is 30.3 Å². The number of aromatic amines is 1. The molecule has 0 saturated carbocycles. The van der Waals surface area contributed by atoms with Gasteiger partial charge in [-0.25, -0.2) is 9.37 Å². The van der Waals surface area contributed by atoms with E-state index >= 15 is 0 Å². The molecule has 1 fully saturated rings. The maximum Gasteiger partial charge on any atom is 0.254 e. The van der Waals surface area contributed by atoms with Gasteiger partial charge in [0.05, 0.1) is 23.1 Å². The summed E-state index contributed by atoms with van der Waals surface area (Å²) in [4.78, 5) is 19.0. The Morgan fingerprint density at radius 1 is 1.34 bits per heavy atom. The second-order valence-electron chi connectivity index (χ2n) is 6.71. The highest BCUT2D eigenvalue weighted by molar-refractivity contribution is 6.05. The maximum atomic E-state index is 13.4. The molecule has 0 radical (unpaired) electrons. The van der Waals surface area contributed by atoms with Gasteiger partial charge in [0.15, 0.2) is 5.75 Å². The van der Waals surface area contributed by atoms with Crippen molar-refractivity contribution in [2.45, 2.75) is 12.5 Å². The van der Waals surface area contributed by atoms with Crippen molar-refractivity contribution in [2.75, 3.05) is 24.9 Å². The third-order valence-corrected chi connectivity index (χ3v) is 4.86. The Bertz CT molecular complexity index is 1010. The standard InChI is InChI=1S/C20H20FN5O3/c21-11-29-18-15(14-6-8-23-25-14)20(26-9-7-13(27)10-26)24-17(16(18)19(22)28)12-4-2-1-3-5-12/h1-6,8,13,27H,7,9-11H2,(H2,22,28)(H,23,25). The van der Waals surface area contributed by atoms with Crippen LogP contribution in [-0.2, 0) is 0 Å². The zero-order valence-electron chi connectivity index (χ0n) is 15.5. The number of nitrogens with zero attached hydrogens (tertiary/aromatic N) is 3. The van der Waals surface area contributed by atoms with Gasteiger partial charge in [-0.2, -0.15) is 5.10 Å². The van der Waals surface area contributed by atoms with E-state index in [1.807, 2.05) is 11.0 Å². The number of ether oxygens (including phenoxy) is 1. The predicted molar refractivity (Wildman–Crippen MR) is 105 cm³/mol. The van der Waals surface area contributed by atoms with Gasteiger partial charge in [0.1, 0.15) is 11.4 Å². The minimum absolute atomic E-state index is 0.00510. The smallest absolute Gasteiger partial charge is 0.254 e. The number of aliphatic hydroxyl groups excluding tert-OH is 1. The SMILES string of the molecule is NC(=O)c1c(-c2ccccc2)nc(N2CCC(O)C2)c(-c2ccn[nH]2)c1OCF. The summed E-state index contributed by atoms with van der Waals surface area (Å²) in [6.45, 7) is -0.246. The molecule has 8 nitrogen and oxygen atoms in total. The van der Waals surface area contributed by atoms with Crippen molar-refractivity contribution in [3.63, 3.8) is 0 Å². The second-order valence-corrected chi connectivity index (χ2v) is 6.71. The summed E-state index contributed by atoms with van der Waals surface area (Å²) in [6.07, 6.45) is 1.60. The number of nitrogens with one attached hydrogen (secondary N) is 1. The molecule has 1 unspecified atom stereocenters. The first-order valence-electron chi connectivity index (χ1n) is 9.15. The number of primary amides is 1. The number of halogens is 1. The summed E-state index contributed by atoms with van der Waals surface area (Å²) in [5.41, 5.74) is 7.47. The van der Waals surface area contributed by atoms with Crippen LogP contribution in [0.4, 0.5) is 10.2 Å². The highest BCUT2D eigenvalue weighted by atomic mass is 19.1. The molecular weight excluding hydrogens is 377 g/mol. The molecule has 1 saturated heterocycles. The summed E-state index contributed by atoms with van der Waals surface area (Å²) in [5, 5.41) is 16.8. The van der Waals surface area contributed by atoms with Crippen molar-refractivity contribution in [1.29, 1.82) is 0 Å². The minimum Gasteiger partial charge on any atom is -0.461 e. The summed E-state index contributed by atoms with van der Waals surface area (Å²) >= 11 is 0. The molecular formula is C20H20FN5O3. The lowest BCUT2D eigenvalue weighted by Crippen LogP contribution is -2.25. The fourth-order valence-electron chi connectivity index (χ4n) is 3.59. The molecule has 2 aromatic heterocycles. The van der Waals surface area contributed by atoms with Crippen LogP contribution in [0.1, 0.15) is 16.8 Å². The monoisotopic (exact) mass is 397 g/mol.